The van der Waals surface area contributed by atoms with Gasteiger partial charge in [0, 0.05) is 6.42 Å². The van der Waals surface area contributed by atoms with Gasteiger partial charge in [0.05, 0.1) is 10.6 Å². The Bertz CT molecular complexity index is 380. The molecule has 3 heteroatoms. The molecular weight excluding hydrogens is 215 g/mol. The summed E-state index contributed by atoms with van der Waals surface area (Å²) in [5, 5.41) is -0.00485. The minimum Gasteiger partial charge on any atom is -0.294 e. The van der Waals surface area contributed by atoms with E-state index in [-0.39, 0.29) is 21.8 Å². The van der Waals surface area contributed by atoms with Crippen molar-refractivity contribution in [1.82, 2.24) is 0 Å². The van der Waals surface area contributed by atoms with Crippen LogP contribution in [-0.4, -0.2) is 5.78 Å². The second-order valence-electron chi connectivity index (χ2n) is 4.76. The number of hydrogen-bond donors (Lipinski definition) is 0. The lowest BCUT2D eigenvalue weighted by Crippen LogP contribution is -2.14. The van der Waals surface area contributed by atoms with Crippen molar-refractivity contribution in [3.63, 3.8) is 0 Å². The molecule has 1 aromatic carbocycles. The third-order valence-corrected chi connectivity index (χ3v) is 2.23. The van der Waals surface area contributed by atoms with Crippen molar-refractivity contribution in [2.24, 2.45) is 5.41 Å². The van der Waals surface area contributed by atoms with E-state index >= 15 is 0 Å². The molecule has 0 radical (unpaired) electrons. The number of halogens is 2. The Hall–Kier alpha value is -0.890. The van der Waals surface area contributed by atoms with Crippen LogP contribution in [0.2, 0.25) is 5.02 Å². The van der Waals surface area contributed by atoms with Crippen LogP contribution in [0.15, 0.2) is 18.2 Å². The maximum Gasteiger partial charge on any atom is 0.166 e. The van der Waals surface area contributed by atoms with Crippen LogP contribution in [0.4, 0.5) is 4.39 Å². The SMILES string of the molecule is CC(C)(C)CC(=O)c1cccc(Cl)c1F. The van der Waals surface area contributed by atoms with Crippen molar-refractivity contribution in [1.29, 1.82) is 0 Å². The molecule has 1 aromatic rings. The lowest BCUT2D eigenvalue weighted by molar-refractivity contribution is 0.0936. The molecule has 1 rings (SSSR count). The molecule has 0 N–H and O–H groups in total. The largest absolute Gasteiger partial charge is 0.294 e. The van der Waals surface area contributed by atoms with E-state index in [0.29, 0.717) is 6.42 Å². The highest BCUT2D eigenvalue weighted by molar-refractivity contribution is 6.31. The molecule has 1 nitrogen and oxygen atoms in total. The molecule has 0 fully saturated rings. The molecule has 82 valence electrons. The summed E-state index contributed by atoms with van der Waals surface area (Å²) in [7, 11) is 0. The molecule has 0 heterocycles. The second kappa shape index (κ2) is 4.31. The first-order valence-corrected chi connectivity index (χ1v) is 5.16. The Morgan fingerprint density at radius 3 is 2.53 bits per heavy atom. The molecule has 0 aliphatic heterocycles. The molecule has 0 amide bonds. The molecule has 15 heavy (non-hydrogen) atoms. The Kier molecular flexibility index (Phi) is 3.50. The number of Topliss-reactive ketones (excluding diaryl/α,β-unsaturated/α-hetero) is 1. The summed E-state index contributed by atoms with van der Waals surface area (Å²) < 4.78 is 13.5. The highest BCUT2D eigenvalue weighted by Crippen LogP contribution is 2.25. The van der Waals surface area contributed by atoms with Crippen LogP contribution in [0.25, 0.3) is 0 Å². The van der Waals surface area contributed by atoms with Crippen molar-refractivity contribution >= 4 is 17.4 Å². The van der Waals surface area contributed by atoms with Crippen molar-refractivity contribution in [3.05, 3.63) is 34.6 Å². The zero-order valence-electron chi connectivity index (χ0n) is 9.10. The summed E-state index contributed by atoms with van der Waals surface area (Å²) in [6.45, 7) is 5.81. The van der Waals surface area contributed by atoms with Crippen LogP contribution in [0.5, 0.6) is 0 Å². The van der Waals surface area contributed by atoms with E-state index in [1.807, 2.05) is 20.8 Å². The highest BCUT2D eigenvalue weighted by Gasteiger charge is 2.20. The van der Waals surface area contributed by atoms with E-state index in [1.165, 1.54) is 12.1 Å². The van der Waals surface area contributed by atoms with Gasteiger partial charge in [0.1, 0.15) is 0 Å². The van der Waals surface area contributed by atoms with E-state index in [9.17, 15) is 9.18 Å². The maximum absolute atomic E-state index is 13.5. The average molecular weight is 229 g/mol. The molecule has 0 saturated heterocycles. The first-order chi connectivity index (χ1) is 6.81. The van der Waals surface area contributed by atoms with E-state index < -0.39 is 5.82 Å². The molecule has 0 aliphatic carbocycles. The van der Waals surface area contributed by atoms with Gasteiger partial charge < -0.3 is 0 Å². The van der Waals surface area contributed by atoms with Gasteiger partial charge >= 0.3 is 0 Å². The van der Waals surface area contributed by atoms with E-state index in [4.69, 9.17) is 11.6 Å². The summed E-state index contributed by atoms with van der Waals surface area (Å²) in [6, 6.07) is 4.49. The molecule has 0 atom stereocenters. The number of carbonyl (C=O) groups is 1. The first-order valence-electron chi connectivity index (χ1n) is 4.78. The first kappa shape index (κ1) is 12.2. The van der Waals surface area contributed by atoms with Gasteiger partial charge in [0.15, 0.2) is 11.6 Å². The van der Waals surface area contributed by atoms with Crippen LogP contribution < -0.4 is 0 Å². The van der Waals surface area contributed by atoms with Crippen molar-refractivity contribution in [3.8, 4) is 0 Å². The van der Waals surface area contributed by atoms with Gasteiger partial charge in [0.2, 0.25) is 0 Å². The average Bonchev–Trinajstić information content (AvgIpc) is 2.06. The predicted octanol–water partition coefficient (Wildman–Crippen LogP) is 4.10. The van der Waals surface area contributed by atoms with Gasteiger partial charge in [-0.05, 0) is 17.5 Å². The number of benzene rings is 1. The summed E-state index contributed by atoms with van der Waals surface area (Å²) in [5.41, 5.74) is -0.0660. The van der Waals surface area contributed by atoms with Gasteiger partial charge in [-0.3, -0.25) is 4.79 Å². The number of ketones is 1. The number of rotatable bonds is 2. The Morgan fingerprint density at radius 2 is 2.00 bits per heavy atom. The van der Waals surface area contributed by atoms with Gasteiger partial charge in [-0.25, -0.2) is 4.39 Å². The number of hydrogen-bond acceptors (Lipinski definition) is 1. The topological polar surface area (TPSA) is 17.1 Å². The van der Waals surface area contributed by atoms with Crippen molar-refractivity contribution in [2.45, 2.75) is 27.2 Å². The summed E-state index contributed by atoms with van der Waals surface area (Å²) in [4.78, 5) is 11.7. The molecule has 0 unspecified atom stereocenters. The third kappa shape index (κ3) is 3.31. The monoisotopic (exact) mass is 228 g/mol. The summed E-state index contributed by atoms with van der Waals surface area (Å²) in [5.74, 6) is -0.823. The van der Waals surface area contributed by atoms with E-state index in [1.54, 1.807) is 6.07 Å². The molecular formula is C12H14ClFO. The lowest BCUT2D eigenvalue weighted by Gasteiger charge is -2.16. The smallest absolute Gasteiger partial charge is 0.166 e. The summed E-state index contributed by atoms with van der Waals surface area (Å²) >= 11 is 5.60. The fourth-order valence-electron chi connectivity index (χ4n) is 1.30. The minimum atomic E-state index is -0.617. The molecule has 0 saturated carbocycles. The van der Waals surface area contributed by atoms with Crippen LogP contribution in [0.1, 0.15) is 37.6 Å². The lowest BCUT2D eigenvalue weighted by atomic mass is 9.88. The normalized spacial score (nSPS) is 11.5. The molecule has 0 aromatic heterocycles. The van der Waals surface area contributed by atoms with E-state index in [2.05, 4.69) is 0 Å². The van der Waals surface area contributed by atoms with E-state index in [0.717, 1.165) is 0 Å². The summed E-state index contributed by atoms with van der Waals surface area (Å²) in [6.07, 6.45) is 0.310. The Balaban J connectivity index is 2.97. The van der Waals surface area contributed by atoms with Gasteiger partial charge in [-0.1, -0.05) is 38.4 Å². The Morgan fingerprint density at radius 1 is 1.40 bits per heavy atom. The van der Waals surface area contributed by atoms with Crippen molar-refractivity contribution < 1.29 is 9.18 Å². The highest BCUT2D eigenvalue weighted by atomic mass is 35.5. The minimum absolute atomic E-state index is 0.00485. The second-order valence-corrected chi connectivity index (χ2v) is 5.17. The molecule has 0 bridgehead atoms. The fourth-order valence-corrected chi connectivity index (χ4v) is 1.47. The van der Waals surface area contributed by atoms with Crippen LogP contribution in [-0.2, 0) is 0 Å². The van der Waals surface area contributed by atoms with Crippen LogP contribution in [0.3, 0.4) is 0 Å². The molecule has 0 aliphatic rings. The van der Waals surface area contributed by atoms with Gasteiger partial charge in [-0.2, -0.15) is 0 Å². The van der Waals surface area contributed by atoms with Gasteiger partial charge in [-0.15, -0.1) is 0 Å². The zero-order chi connectivity index (χ0) is 11.6. The van der Waals surface area contributed by atoms with Gasteiger partial charge in [0.25, 0.3) is 0 Å². The third-order valence-electron chi connectivity index (χ3n) is 1.94. The quantitative estimate of drug-likeness (QED) is 0.697. The number of carbonyl (C=O) groups excluding carboxylic acids is 1. The predicted molar refractivity (Wildman–Crippen MR) is 59.8 cm³/mol. The molecule has 0 spiro atoms. The van der Waals surface area contributed by atoms with Crippen molar-refractivity contribution in [2.75, 3.05) is 0 Å². The zero-order valence-corrected chi connectivity index (χ0v) is 9.86. The standard InChI is InChI=1S/C12H14ClFO/c1-12(2,3)7-10(15)8-5-4-6-9(13)11(8)14/h4-6H,7H2,1-3H3. The Labute approximate surface area is 94.3 Å². The van der Waals surface area contributed by atoms with Crippen LogP contribution in [0, 0.1) is 11.2 Å². The maximum atomic E-state index is 13.5. The van der Waals surface area contributed by atoms with Crippen LogP contribution >= 0.6 is 11.6 Å². The fraction of sp³-hybridized carbons (Fsp3) is 0.417.